The lowest BCUT2D eigenvalue weighted by atomic mass is 9.87. The summed E-state index contributed by atoms with van der Waals surface area (Å²) in [7, 11) is 1.90. The number of pyridine rings is 1. The Balaban J connectivity index is 1.21. The van der Waals surface area contributed by atoms with Gasteiger partial charge in [0.25, 0.3) is 0 Å². The van der Waals surface area contributed by atoms with Gasteiger partial charge in [-0.05, 0) is 49.2 Å². The van der Waals surface area contributed by atoms with Crippen LogP contribution in [0.2, 0.25) is 0 Å². The van der Waals surface area contributed by atoms with E-state index >= 15 is 0 Å². The Morgan fingerprint density at radius 2 is 1.89 bits per heavy atom. The number of amides is 2. The first-order valence-corrected chi connectivity index (χ1v) is 12.5. The van der Waals surface area contributed by atoms with Crippen molar-refractivity contribution < 1.29 is 19.7 Å². The van der Waals surface area contributed by atoms with E-state index in [4.69, 9.17) is 10.5 Å². The number of aliphatic hydroxyl groups excluding tert-OH is 2. The second-order valence-electron chi connectivity index (χ2n) is 10.6. The lowest BCUT2D eigenvalue weighted by Gasteiger charge is -2.22. The minimum absolute atomic E-state index is 0.0605. The van der Waals surface area contributed by atoms with Gasteiger partial charge in [0.2, 0.25) is 0 Å². The molecule has 3 heterocycles. The van der Waals surface area contributed by atoms with E-state index in [1.54, 1.807) is 16.8 Å². The SMILES string of the molecule is CN(CCCNC(=O)Nc1ccc(C(C)(C)C)cc1)CC1O[C@@H](n2cnc3c(N)ccnc32)[C@H](O)[C@@H]1O. The molecule has 0 bridgehead atoms. The monoisotopic (exact) mass is 511 g/mol. The zero-order chi connectivity index (χ0) is 26.7. The predicted molar refractivity (Wildman–Crippen MR) is 142 cm³/mol. The third-order valence-electron chi connectivity index (χ3n) is 6.61. The maximum absolute atomic E-state index is 12.2. The number of carbonyl (C=O) groups excluding carboxylic acids is 1. The number of likely N-dealkylation sites (N-methyl/N-ethyl adjacent to an activating group) is 1. The van der Waals surface area contributed by atoms with Gasteiger partial charge in [0.15, 0.2) is 11.9 Å². The number of urea groups is 1. The van der Waals surface area contributed by atoms with Gasteiger partial charge in [0.05, 0.1) is 12.0 Å². The van der Waals surface area contributed by atoms with Crippen molar-refractivity contribution in [2.75, 3.05) is 37.7 Å². The van der Waals surface area contributed by atoms with Crippen LogP contribution in [0.1, 0.15) is 39.0 Å². The summed E-state index contributed by atoms with van der Waals surface area (Å²) in [5.41, 5.74) is 9.45. The van der Waals surface area contributed by atoms with Crippen LogP contribution in [0.4, 0.5) is 16.2 Å². The summed E-state index contributed by atoms with van der Waals surface area (Å²) >= 11 is 0. The third kappa shape index (κ3) is 6.19. The topological polar surface area (TPSA) is 151 Å². The fourth-order valence-electron chi connectivity index (χ4n) is 4.43. The number of nitrogen functional groups attached to an aromatic ring is 1. The number of aliphatic hydroxyl groups is 2. The molecule has 200 valence electrons. The van der Waals surface area contributed by atoms with Gasteiger partial charge in [-0.15, -0.1) is 0 Å². The van der Waals surface area contributed by atoms with E-state index in [0.717, 1.165) is 5.69 Å². The van der Waals surface area contributed by atoms with Crippen LogP contribution in [-0.4, -0.2) is 80.7 Å². The van der Waals surface area contributed by atoms with E-state index in [9.17, 15) is 15.0 Å². The first kappa shape index (κ1) is 26.8. The van der Waals surface area contributed by atoms with Crippen LogP contribution in [0.25, 0.3) is 11.2 Å². The zero-order valence-electron chi connectivity index (χ0n) is 21.8. The summed E-state index contributed by atoms with van der Waals surface area (Å²) in [5, 5.41) is 27.0. The van der Waals surface area contributed by atoms with Gasteiger partial charge < -0.3 is 36.2 Å². The van der Waals surface area contributed by atoms with Crippen molar-refractivity contribution in [3.8, 4) is 0 Å². The average Bonchev–Trinajstić information content (AvgIpc) is 3.39. The molecular weight excluding hydrogens is 474 g/mol. The molecule has 3 aromatic rings. The molecule has 11 heteroatoms. The number of hydrogen-bond donors (Lipinski definition) is 5. The average molecular weight is 512 g/mol. The van der Waals surface area contributed by atoms with Crippen molar-refractivity contribution in [2.45, 2.75) is 57.1 Å². The second-order valence-corrected chi connectivity index (χ2v) is 10.6. The highest BCUT2D eigenvalue weighted by Crippen LogP contribution is 2.32. The van der Waals surface area contributed by atoms with Crippen molar-refractivity contribution in [1.29, 1.82) is 0 Å². The number of imidazole rings is 1. The normalized spacial score (nSPS) is 22.0. The molecule has 37 heavy (non-hydrogen) atoms. The Morgan fingerprint density at radius 1 is 1.16 bits per heavy atom. The standard InChI is InChI=1S/C26H37N7O4/c1-26(2,3)16-6-8-17(9-7-16)31-25(36)29-11-5-13-32(4)14-19-21(34)22(35)24(37-19)33-15-30-20-18(27)10-12-28-23(20)33/h6-10,12,15,19,21-22,24,34-35H,5,11,13-14H2,1-4H3,(H2,27,28)(H2,29,31,36)/t19?,21-,22-,24-/m1/s1. The van der Waals surface area contributed by atoms with Crippen LogP contribution in [-0.2, 0) is 10.2 Å². The number of nitrogens with zero attached hydrogens (tertiary/aromatic N) is 4. The summed E-state index contributed by atoms with van der Waals surface area (Å²) in [6.07, 6.45) is 0.149. The molecular formula is C26H37N7O4. The molecule has 0 aliphatic carbocycles. The van der Waals surface area contributed by atoms with Crippen LogP contribution in [0.3, 0.4) is 0 Å². The molecule has 4 atom stereocenters. The van der Waals surface area contributed by atoms with Gasteiger partial charge >= 0.3 is 6.03 Å². The third-order valence-corrected chi connectivity index (χ3v) is 6.61. The molecule has 2 amide bonds. The van der Waals surface area contributed by atoms with E-state index in [1.807, 2.05) is 36.2 Å². The quantitative estimate of drug-likeness (QED) is 0.288. The highest BCUT2D eigenvalue weighted by molar-refractivity contribution is 5.89. The first-order valence-electron chi connectivity index (χ1n) is 12.5. The lowest BCUT2D eigenvalue weighted by molar-refractivity contribution is -0.0421. The van der Waals surface area contributed by atoms with Gasteiger partial charge in [-0.1, -0.05) is 32.9 Å². The number of rotatable bonds is 8. The number of aromatic nitrogens is 3. The highest BCUT2D eigenvalue weighted by atomic mass is 16.6. The Morgan fingerprint density at radius 3 is 2.59 bits per heavy atom. The number of hydrogen-bond acceptors (Lipinski definition) is 8. The summed E-state index contributed by atoms with van der Waals surface area (Å²) in [6.45, 7) is 8.01. The molecule has 4 rings (SSSR count). The Labute approximate surface area is 216 Å². The first-order chi connectivity index (χ1) is 17.5. The number of nitrogens with two attached hydrogens (primary N) is 1. The molecule has 1 fully saturated rings. The molecule has 1 aliphatic rings. The zero-order valence-corrected chi connectivity index (χ0v) is 21.8. The highest BCUT2D eigenvalue weighted by Gasteiger charge is 2.44. The van der Waals surface area contributed by atoms with Crippen LogP contribution in [0.15, 0.2) is 42.9 Å². The van der Waals surface area contributed by atoms with Crippen molar-refractivity contribution >= 4 is 28.6 Å². The molecule has 0 saturated carbocycles. The number of anilines is 2. The summed E-state index contributed by atoms with van der Waals surface area (Å²) in [6, 6.07) is 9.24. The van der Waals surface area contributed by atoms with E-state index in [0.29, 0.717) is 42.9 Å². The molecule has 0 radical (unpaired) electrons. The Hall–Kier alpha value is -3.25. The lowest BCUT2D eigenvalue weighted by Crippen LogP contribution is -2.39. The fraction of sp³-hybridized carbons (Fsp3) is 0.500. The van der Waals surface area contributed by atoms with Gasteiger partial charge in [-0.25, -0.2) is 14.8 Å². The van der Waals surface area contributed by atoms with E-state index in [-0.39, 0.29) is 11.4 Å². The molecule has 1 aliphatic heterocycles. The van der Waals surface area contributed by atoms with Gasteiger partial charge in [0, 0.05) is 25.0 Å². The Kier molecular flexibility index (Phi) is 7.98. The van der Waals surface area contributed by atoms with Crippen LogP contribution in [0.5, 0.6) is 0 Å². The van der Waals surface area contributed by atoms with Crippen LogP contribution in [0, 0.1) is 0 Å². The molecule has 6 N–H and O–H groups in total. The molecule has 1 unspecified atom stereocenters. The smallest absolute Gasteiger partial charge is 0.319 e. The molecule has 2 aromatic heterocycles. The largest absolute Gasteiger partial charge is 0.397 e. The van der Waals surface area contributed by atoms with Crippen LogP contribution >= 0.6 is 0 Å². The molecule has 0 spiro atoms. The number of benzene rings is 1. The summed E-state index contributed by atoms with van der Waals surface area (Å²) in [4.78, 5) is 22.8. The molecule has 1 saturated heterocycles. The van der Waals surface area contributed by atoms with E-state index in [2.05, 4.69) is 41.4 Å². The second kappa shape index (κ2) is 11.0. The van der Waals surface area contributed by atoms with E-state index < -0.39 is 24.5 Å². The number of carbonyl (C=O) groups is 1. The molecule has 11 nitrogen and oxygen atoms in total. The molecule has 1 aromatic carbocycles. The number of fused-ring (bicyclic) bond motifs is 1. The predicted octanol–water partition coefficient (Wildman–Crippen LogP) is 2.07. The Bertz CT molecular complexity index is 1210. The number of ether oxygens (including phenoxy) is 1. The van der Waals surface area contributed by atoms with Gasteiger partial charge in [-0.2, -0.15) is 0 Å². The van der Waals surface area contributed by atoms with Crippen molar-refractivity contribution in [2.24, 2.45) is 0 Å². The minimum Gasteiger partial charge on any atom is -0.397 e. The number of nitrogens with one attached hydrogen (secondary N) is 2. The van der Waals surface area contributed by atoms with Crippen LogP contribution < -0.4 is 16.4 Å². The van der Waals surface area contributed by atoms with E-state index in [1.165, 1.54) is 11.9 Å². The van der Waals surface area contributed by atoms with Crippen molar-refractivity contribution in [3.63, 3.8) is 0 Å². The summed E-state index contributed by atoms with van der Waals surface area (Å²) < 4.78 is 7.61. The van der Waals surface area contributed by atoms with Gasteiger partial charge in [0.1, 0.15) is 23.8 Å². The minimum atomic E-state index is -1.14. The van der Waals surface area contributed by atoms with Crippen molar-refractivity contribution in [1.82, 2.24) is 24.8 Å². The maximum atomic E-state index is 12.2. The van der Waals surface area contributed by atoms with Crippen molar-refractivity contribution in [3.05, 3.63) is 48.4 Å². The fourth-order valence-corrected chi connectivity index (χ4v) is 4.43. The maximum Gasteiger partial charge on any atom is 0.319 e. The summed E-state index contributed by atoms with van der Waals surface area (Å²) in [5.74, 6) is 0. The van der Waals surface area contributed by atoms with Gasteiger partial charge in [-0.3, -0.25) is 4.57 Å².